The normalized spacial score (nSPS) is 36.8. The van der Waals surface area contributed by atoms with Gasteiger partial charge in [-0.25, -0.2) is 0 Å². The third-order valence-corrected chi connectivity index (χ3v) is 2.43. The Morgan fingerprint density at radius 2 is 1.36 bits per heavy atom. The van der Waals surface area contributed by atoms with E-state index in [-0.39, 0.29) is 24.8 Å². The Morgan fingerprint density at radius 3 is 1.64 bits per heavy atom. The summed E-state index contributed by atoms with van der Waals surface area (Å²) in [6.07, 6.45) is 3.54. The molecule has 0 aromatic heterocycles. The molecular formula is C7H18Cl2N2. The van der Waals surface area contributed by atoms with Gasteiger partial charge in [0.2, 0.25) is 0 Å². The first-order valence-electron chi connectivity index (χ1n) is 3.73. The molecule has 1 aliphatic carbocycles. The first-order chi connectivity index (χ1) is 4.22. The van der Waals surface area contributed by atoms with Crippen molar-refractivity contribution in [3.05, 3.63) is 0 Å². The Labute approximate surface area is 80.9 Å². The van der Waals surface area contributed by atoms with Crippen LogP contribution >= 0.6 is 24.8 Å². The van der Waals surface area contributed by atoms with Gasteiger partial charge in [0, 0.05) is 12.1 Å². The summed E-state index contributed by atoms with van der Waals surface area (Å²) in [7, 11) is 0. The van der Waals surface area contributed by atoms with Gasteiger partial charge in [-0.1, -0.05) is 13.3 Å². The van der Waals surface area contributed by atoms with Crippen molar-refractivity contribution in [3.63, 3.8) is 0 Å². The van der Waals surface area contributed by atoms with Crippen LogP contribution in [-0.4, -0.2) is 12.1 Å². The molecule has 70 valence electrons. The highest BCUT2D eigenvalue weighted by Gasteiger charge is 2.23. The summed E-state index contributed by atoms with van der Waals surface area (Å²) >= 11 is 0. The SMILES string of the molecule is CC1C(N)CCCC1N.Cl.Cl. The second-order valence-corrected chi connectivity index (χ2v) is 3.12. The fourth-order valence-electron chi connectivity index (χ4n) is 1.43. The highest BCUT2D eigenvalue weighted by atomic mass is 35.5. The van der Waals surface area contributed by atoms with Crippen LogP contribution < -0.4 is 11.5 Å². The molecule has 2 atom stereocenters. The molecule has 0 radical (unpaired) electrons. The number of halogens is 2. The van der Waals surface area contributed by atoms with Crippen molar-refractivity contribution in [1.82, 2.24) is 0 Å². The zero-order valence-electron chi connectivity index (χ0n) is 6.82. The molecule has 0 aliphatic heterocycles. The van der Waals surface area contributed by atoms with Crippen molar-refractivity contribution >= 4 is 24.8 Å². The molecule has 11 heavy (non-hydrogen) atoms. The Hall–Kier alpha value is 0.500. The quantitative estimate of drug-likeness (QED) is 0.620. The fourth-order valence-corrected chi connectivity index (χ4v) is 1.43. The maximum absolute atomic E-state index is 5.79. The van der Waals surface area contributed by atoms with Crippen molar-refractivity contribution in [1.29, 1.82) is 0 Å². The van der Waals surface area contributed by atoms with Gasteiger partial charge in [0.1, 0.15) is 0 Å². The van der Waals surface area contributed by atoms with Gasteiger partial charge < -0.3 is 11.5 Å². The maximum atomic E-state index is 5.79. The summed E-state index contributed by atoms with van der Waals surface area (Å²) in [6.45, 7) is 2.15. The minimum absolute atomic E-state index is 0. The molecule has 1 fully saturated rings. The molecule has 0 aromatic rings. The minimum Gasteiger partial charge on any atom is -0.327 e. The predicted molar refractivity (Wildman–Crippen MR) is 53.5 cm³/mol. The molecule has 0 spiro atoms. The molecule has 0 saturated heterocycles. The van der Waals surface area contributed by atoms with E-state index < -0.39 is 0 Å². The number of nitrogens with two attached hydrogens (primary N) is 2. The van der Waals surface area contributed by atoms with Gasteiger partial charge in [-0.05, 0) is 18.8 Å². The van der Waals surface area contributed by atoms with Crippen molar-refractivity contribution in [2.45, 2.75) is 38.3 Å². The second kappa shape index (κ2) is 6.06. The highest BCUT2D eigenvalue weighted by Crippen LogP contribution is 2.20. The highest BCUT2D eigenvalue weighted by molar-refractivity contribution is 5.85. The average Bonchev–Trinajstić information content (AvgIpc) is 1.83. The van der Waals surface area contributed by atoms with E-state index in [2.05, 4.69) is 6.92 Å². The zero-order chi connectivity index (χ0) is 6.85. The predicted octanol–water partition coefficient (Wildman–Crippen LogP) is 1.30. The van der Waals surface area contributed by atoms with Crippen LogP contribution in [-0.2, 0) is 0 Å². The average molecular weight is 201 g/mol. The van der Waals surface area contributed by atoms with Crippen LogP contribution in [0.15, 0.2) is 0 Å². The third-order valence-electron chi connectivity index (χ3n) is 2.43. The van der Waals surface area contributed by atoms with E-state index in [1.54, 1.807) is 0 Å². The molecule has 1 rings (SSSR count). The van der Waals surface area contributed by atoms with Gasteiger partial charge >= 0.3 is 0 Å². The topological polar surface area (TPSA) is 52.0 Å². The number of rotatable bonds is 0. The van der Waals surface area contributed by atoms with Gasteiger partial charge in [-0.15, -0.1) is 24.8 Å². The largest absolute Gasteiger partial charge is 0.327 e. The molecule has 1 saturated carbocycles. The Morgan fingerprint density at radius 1 is 1.00 bits per heavy atom. The molecule has 0 bridgehead atoms. The maximum Gasteiger partial charge on any atom is 0.00792 e. The monoisotopic (exact) mass is 200 g/mol. The van der Waals surface area contributed by atoms with E-state index >= 15 is 0 Å². The lowest BCUT2D eigenvalue weighted by Crippen LogP contribution is -2.44. The Balaban J connectivity index is 0. The minimum atomic E-state index is 0. The first kappa shape index (κ1) is 14.0. The van der Waals surface area contributed by atoms with Gasteiger partial charge in [0.25, 0.3) is 0 Å². The summed E-state index contributed by atoms with van der Waals surface area (Å²) in [5.74, 6) is 0.527. The van der Waals surface area contributed by atoms with E-state index in [1.807, 2.05) is 0 Å². The van der Waals surface area contributed by atoms with Gasteiger partial charge in [0.15, 0.2) is 0 Å². The fraction of sp³-hybridized carbons (Fsp3) is 1.00. The van der Waals surface area contributed by atoms with E-state index in [0.29, 0.717) is 18.0 Å². The van der Waals surface area contributed by atoms with Crippen molar-refractivity contribution < 1.29 is 0 Å². The first-order valence-corrected chi connectivity index (χ1v) is 3.73. The lowest BCUT2D eigenvalue weighted by molar-refractivity contribution is 0.287. The molecular weight excluding hydrogens is 183 g/mol. The summed E-state index contributed by atoms with van der Waals surface area (Å²) in [6, 6.07) is 0.711. The van der Waals surface area contributed by atoms with Gasteiger partial charge in [0.05, 0.1) is 0 Å². The van der Waals surface area contributed by atoms with Crippen LogP contribution in [0.4, 0.5) is 0 Å². The van der Waals surface area contributed by atoms with Crippen LogP contribution in [0.5, 0.6) is 0 Å². The molecule has 0 aromatic carbocycles. The van der Waals surface area contributed by atoms with Crippen LogP contribution in [0.2, 0.25) is 0 Å². The molecule has 2 unspecified atom stereocenters. The van der Waals surface area contributed by atoms with E-state index in [9.17, 15) is 0 Å². The van der Waals surface area contributed by atoms with E-state index in [4.69, 9.17) is 11.5 Å². The molecule has 0 heterocycles. The standard InChI is InChI=1S/C7H16N2.2ClH/c1-5-6(8)3-2-4-7(5)9;;/h5-7H,2-4,8-9H2,1H3;2*1H. The molecule has 1 aliphatic rings. The lowest BCUT2D eigenvalue weighted by Gasteiger charge is -2.30. The lowest BCUT2D eigenvalue weighted by atomic mass is 9.83. The smallest absolute Gasteiger partial charge is 0.00792 e. The molecule has 0 amide bonds. The van der Waals surface area contributed by atoms with E-state index in [0.717, 1.165) is 12.8 Å². The van der Waals surface area contributed by atoms with Crippen LogP contribution in [0.25, 0.3) is 0 Å². The van der Waals surface area contributed by atoms with Gasteiger partial charge in [-0.3, -0.25) is 0 Å². The summed E-state index contributed by atoms with van der Waals surface area (Å²) in [5, 5.41) is 0. The van der Waals surface area contributed by atoms with Crippen LogP contribution in [0, 0.1) is 5.92 Å². The third kappa shape index (κ3) is 3.61. The summed E-state index contributed by atoms with van der Waals surface area (Å²) in [4.78, 5) is 0. The molecule has 4 heteroatoms. The van der Waals surface area contributed by atoms with Gasteiger partial charge in [-0.2, -0.15) is 0 Å². The van der Waals surface area contributed by atoms with Crippen molar-refractivity contribution in [2.75, 3.05) is 0 Å². The van der Waals surface area contributed by atoms with E-state index in [1.165, 1.54) is 6.42 Å². The summed E-state index contributed by atoms with van der Waals surface area (Å²) in [5.41, 5.74) is 11.6. The number of hydrogen-bond acceptors (Lipinski definition) is 2. The van der Waals surface area contributed by atoms with Crippen LogP contribution in [0.1, 0.15) is 26.2 Å². The van der Waals surface area contributed by atoms with Crippen LogP contribution in [0.3, 0.4) is 0 Å². The molecule has 2 nitrogen and oxygen atoms in total. The van der Waals surface area contributed by atoms with Crippen molar-refractivity contribution in [3.8, 4) is 0 Å². The molecule has 4 N–H and O–H groups in total. The number of hydrogen-bond donors (Lipinski definition) is 2. The summed E-state index contributed by atoms with van der Waals surface area (Å²) < 4.78 is 0. The van der Waals surface area contributed by atoms with Crippen molar-refractivity contribution in [2.24, 2.45) is 17.4 Å². The zero-order valence-corrected chi connectivity index (χ0v) is 8.46. The Bertz CT molecular complexity index is 90.4. The second-order valence-electron chi connectivity index (χ2n) is 3.12. The Kier molecular flexibility index (Phi) is 7.75.